The molecule has 0 spiro atoms. The van der Waals surface area contributed by atoms with Gasteiger partial charge in [0, 0.05) is 24.8 Å². The highest BCUT2D eigenvalue weighted by Gasteiger charge is 2.27. The number of benzene rings is 2. The monoisotopic (exact) mass is 328 g/mol. The summed E-state index contributed by atoms with van der Waals surface area (Å²) < 4.78 is 13.5. The van der Waals surface area contributed by atoms with Crippen LogP contribution in [0.1, 0.15) is 24.4 Å². The van der Waals surface area contributed by atoms with Crippen LogP contribution in [0.3, 0.4) is 0 Å². The van der Waals surface area contributed by atoms with Crippen LogP contribution in [0, 0.1) is 5.82 Å². The van der Waals surface area contributed by atoms with E-state index in [0.29, 0.717) is 6.04 Å². The fourth-order valence-electron chi connectivity index (χ4n) is 3.61. The second-order valence-corrected chi connectivity index (χ2v) is 6.47. The van der Waals surface area contributed by atoms with E-state index in [1.165, 1.54) is 17.8 Å². The van der Waals surface area contributed by atoms with Crippen molar-refractivity contribution in [3.63, 3.8) is 0 Å². The molecule has 0 bridgehead atoms. The number of para-hydroxylation sites is 1. The van der Waals surface area contributed by atoms with E-state index < -0.39 is 0 Å². The van der Waals surface area contributed by atoms with Crippen molar-refractivity contribution in [2.24, 2.45) is 0 Å². The van der Waals surface area contributed by atoms with E-state index in [1.54, 1.807) is 6.07 Å². The summed E-state index contributed by atoms with van der Waals surface area (Å²) in [4.78, 5) is 4.61. The number of hydrogen-bond acceptors (Lipinski definition) is 3. The van der Waals surface area contributed by atoms with Crippen molar-refractivity contribution >= 4 is 5.69 Å². The van der Waals surface area contributed by atoms with Gasteiger partial charge in [0.05, 0.1) is 12.6 Å². The maximum absolute atomic E-state index is 13.5. The highest BCUT2D eigenvalue weighted by atomic mass is 19.1. The lowest BCUT2D eigenvalue weighted by molar-refractivity contribution is 0.0958. The Hall–Kier alpha value is -1.91. The highest BCUT2D eigenvalue weighted by molar-refractivity contribution is 5.46. The van der Waals surface area contributed by atoms with Crippen molar-refractivity contribution < 1.29 is 9.50 Å². The van der Waals surface area contributed by atoms with Crippen LogP contribution in [0.25, 0.3) is 0 Å². The molecule has 1 heterocycles. The van der Waals surface area contributed by atoms with Gasteiger partial charge in [0.15, 0.2) is 0 Å². The number of nitrogens with zero attached hydrogens (tertiary/aromatic N) is 2. The molecule has 1 unspecified atom stereocenters. The maximum Gasteiger partial charge on any atom is 0.123 e. The fraction of sp³-hybridized carbons (Fsp3) is 0.400. The summed E-state index contributed by atoms with van der Waals surface area (Å²) >= 11 is 0. The Bertz CT molecular complexity index is 641. The van der Waals surface area contributed by atoms with Gasteiger partial charge in [-0.05, 0) is 49.7 Å². The van der Waals surface area contributed by atoms with E-state index in [0.717, 1.165) is 31.5 Å². The Balaban J connectivity index is 1.64. The number of piperidine rings is 1. The fourth-order valence-corrected chi connectivity index (χ4v) is 3.61. The second kappa shape index (κ2) is 7.77. The minimum Gasteiger partial charge on any atom is -0.394 e. The van der Waals surface area contributed by atoms with Crippen LogP contribution < -0.4 is 4.90 Å². The van der Waals surface area contributed by atoms with Gasteiger partial charge in [0.1, 0.15) is 5.82 Å². The van der Waals surface area contributed by atoms with Crippen molar-refractivity contribution in [3.05, 3.63) is 66.0 Å². The quantitative estimate of drug-likeness (QED) is 0.910. The zero-order valence-corrected chi connectivity index (χ0v) is 14.1. The summed E-state index contributed by atoms with van der Waals surface area (Å²) in [6, 6.07) is 17.3. The van der Waals surface area contributed by atoms with Crippen molar-refractivity contribution in [2.45, 2.75) is 24.9 Å². The summed E-state index contributed by atoms with van der Waals surface area (Å²) in [6.07, 6.45) is 2.08. The van der Waals surface area contributed by atoms with Gasteiger partial charge >= 0.3 is 0 Å². The number of rotatable bonds is 5. The molecule has 24 heavy (non-hydrogen) atoms. The molecule has 0 radical (unpaired) electrons. The maximum atomic E-state index is 13.5. The largest absolute Gasteiger partial charge is 0.394 e. The molecule has 1 fully saturated rings. The molecule has 128 valence electrons. The lowest BCUT2D eigenvalue weighted by Gasteiger charge is -2.40. The van der Waals surface area contributed by atoms with Crippen molar-refractivity contribution in [1.82, 2.24) is 4.90 Å². The first-order valence-corrected chi connectivity index (χ1v) is 8.57. The first kappa shape index (κ1) is 16.9. The molecule has 1 aliphatic heterocycles. The summed E-state index contributed by atoms with van der Waals surface area (Å²) in [5, 5.41) is 9.83. The van der Waals surface area contributed by atoms with Crippen molar-refractivity contribution in [2.75, 3.05) is 31.6 Å². The van der Waals surface area contributed by atoms with Crippen LogP contribution >= 0.6 is 0 Å². The van der Waals surface area contributed by atoms with Gasteiger partial charge in [-0.2, -0.15) is 0 Å². The van der Waals surface area contributed by atoms with Gasteiger partial charge in [-0.3, -0.25) is 4.90 Å². The first-order valence-electron chi connectivity index (χ1n) is 8.57. The second-order valence-electron chi connectivity index (χ2n) is 6.47. The minimum absolute atomic E-state index is 0.00114. The molecule has 4 heteroatoms. The van der Waals surface area contributed by atoms with Crippen molar-refractivity contribution in [1.29, 1.82) is 0 Å². The zero-order valence-electron chi connectivity index (χ0n) is 14.1. The normalized spacial score (nSPS) is 17.2. The Kier molecular flexibility index (Phi) is 5.48. The highest BCUT2D eigenvalue weighted by Crippen LogP contribution is 2.28. The lowest BCUT2D eigenvalue weighted by atomic mass is 9.98. The Morgan fingerprint density at radius 2 is 1.83 bits per heavy atom. The lowest BCUT2D eigenvalue weighted by Crippen LogP contribution is -2.45. The van der Waals surface area contributed by atoms with Crippen LogP contribution in [0.4, 0.5) is 10.1 Å². The van der Waals surface area contributed by atoms with Crippen molar-refractivity contribution in [3.8, 4) is 0 Å². The molecule has 3 nitrogen and oxygen atoms in total. The zero-order chi connectivity index (χ0) is 16.9. The van der Waals surface area contributed by atoms with Crippen LogP contribution in [0.2, 0.25) is 0 Å². The topological polar surface area (TPSA) is 26.7 Å². The molecule has 1 saturated heterocycles. The van der Waals surface area contributed by atoms with Gasteiger partial charge in [0.25, 0.3) is 0 Å². The van der Waals surface area contributed by atoms with Gasteiger partial charge in [-0.25, -0.2) is 4.39 Å². The van der Waals surface area contributed by atoms with E-state index in [4.69, 9.17) is 0 Å². The van der Waals surface area contributed by atoms with Gasteiger partial charge in [-0.15, -0.1) is 0 Å². The smallest absolute Gasteiger partial charge is 0.123 e. The Morgan fingerprint density at radius 3 is 2.46 bits per heavy atom. The molecule has 2 aromatic carbocycles. The predicted octanol–water partition coefficient (Wildman–Crippen LogP) is 3.46. The SMILES string of the molecule is CN(C1CCN(c2ccccc2)CC1)C(CO)c1cccc(F)c1. The van der Waals surface area contributed by atoms with Crippen LogP contribution in [-0.4, -0.2) is 42.8 Å². The molecular formula is C20H25FN2O. The molecule has 3 rings (SSSR count). The summed E-state index contributed by atoms with van der Waals surface area (Å²) in [5.74, 6) is -0.252. The summed E-state index contributed by atoms with van der Waals surface area (Å²) in [5.41, 5.74) is 2.10. The van der Waals surface area contributed by atoms with E-state index >= 15 is 0 Å². The number of likely N-dealkylation sites (N-methyl/N-ethyl adjacent to an activating group) is 1. The Morgan fingerprint density at radius 1 is 1.12 bits per heavy atom. The number of anilines is 1. The van der Waals surface area contributed by atoms with E-state index in [-0.39, 0.29) is 18.5 Å². The molecule has 0 saturated carbocycles. The van der Waals surface area contributed by atoms with Gasteiger partial charge in [-0.1, -0.05) is 30.3 Å². The summed E-state index contributed by atoms with van der Waals surface area (Å²) in [7, 11) is 2.04. The van der Waals surface area contributed by atoms with Gasteiger partial charge < -0.3 is 10.0 Å². The molecule has 2 aromatic rings. The van der Waals surface area contributed by atoms with E-state index in [2.05, 4.69) is 34.1 Å². The molecule has 1 atom stereocenters. The van der Waals surface area contributed by atoms with Crippen LogP contribution in [-0.2, 0) is 0 Å². The average molecular weight is 328 g/mol. The third-order valence-corrected chi connectivity index (χ3v) is 5.06. The third-order valence-electron chi connectivity index (χ3n) is 5.06. The van der Waals surface area contributed by atoms with Crippen LogP contribution in [0.15, 0.2) is 54.6 Å². The first-order chi connectivity index (χ1) is 11.7. The minimum atomic E-state index is -0.252. The van der Waals surface area contributed by atoms with Gasteiger partial charge in [0.2, 0.25) is 0 Å². The molecule has 1 N–H and O–H groups in total. The standard InChI is InChI=1S/C20H25FN2O/c1-22(20(15-24)16-6-5-7-17(21)14-16)18-10-12-23(13-11-18)19-8-3-2-4-9-19/h2-9,14,18,20,24H,10-13,15H2,1H3. The molecule has 0 aromatic heterocycles. The molecule has 1 aliphatic rings. The predicted molar refractivity (Wildman–Crippen MR) is 95.7 cm³/mol. The van der Waals surface area contributed by atoms with E-state index in [9.17, 15) is 9.50 Å². The molecule has 0 aliphatic carbocycles. The average Bonchev–Trinajstić information content (AvgIpc) is 2.63. The van der Waals surface area contributed by atoms with E-state index in [1.807, 2.05) is 19.2 Å². The number of aliphatic hydroxyl groups is 1. The number of aliphatic hydroxyl groups excluding tert-OH is 1. The van der Waals surface area contributed by atoms with Crippen LogP contribution in [0.5, 0.6) is 0 Å². The summed E-state index contributed by atoms with van der Waals surface area (Å²) in [6.45, 7) is 2.00. The Labute approximate surface area is 143 Å². The number of hydrogen-bond donors (Lipinski definition) is 1. The third kappa shape index (κ3) is 3.77. The molecule has 0 amide bonds. The molecular weight excluding hydrogens is 303 g/mol. The number of halogens is 1.